The lowest BCUT2D eigenvalue weighted by Crippen LogP contribution is -2.44. The lowest BCUT2D eigenvalue weighted by Gasteiger charge is -2.25. The summed E-state index contributed by atoms with van der Waals surface area (Å²) < 4.78 is 27.5. The van der Waals surface area contributed by atoms with Crippen LogP contribution in [0.15, 0.2) is 23.1 Å². The van der Waals surface area contributed by atoms with E-state index in [-0.39, 0.29) is 4.90 Å². The van der Waals surface area contributed by atoms with Crippen molar-refractivity contribution < 1.29 is 18.3 Å². The average molecular weight is 336 g/mol. The van der Waals surface area contributed by atoms with E-state index in [9.17, 15) is 13.2 Å². The van der Waals surface area contributed by atoms with Crippen molar-refractivity contribution >= 4 is 38.9 Å². The molecule has 5 nitrogen and oxygen atoms in total. The average Bonchev–Trinajstić information content (AvgIpc) is 2.69. The van der Waals surface area contributed by atoms with Gasteiger partial charge in [0.1, 0.15) is 0 Å². The molecule has 0 saturated heterocycles. The van der Waals surface area contributed by atoms with Crippen LogP contribution in [0.25, 0.3) is 0 Å². The van der Waals surface area contributed by atoms with Gasteiger partial charge >= 0.3 is 5.97 Å². The van der Waals surface area contributed by atoms with E-state index in [0.717, 1.165) is 0 Å². The summed E-state index contributed by atoms with van der Waals surface area (Å²) in [6.07, 6.45) is 4.25. The normalized spacial score (nSPS) is 22.9. The second-order valence-electron chi connectivity index (χ2n) is 4.59. The number of sulfonamides is 1. The Bertz CT molecular complexity index is 650. The molecule has 0 bridgehead atoms. The molecule has 2 atom stereocenters. The summed E-state index contributed by atoms with van der Waals surface area (Å²) in [4.78, 5) is 11.9. The second kappa shape index (κ2) is 5.85. The quantitative estimate of drug-likeness (QED) is 0.828. The minimum Gasteiger partial charge on any atom is -0.481 e. The van der Waals surface area contributed by atoms with Gasteiger partial charge in [0.25, 0.3) is 0 Å². The first-order valence-corrected chi connectivity index (χ1v) is 8.65. The van der Waals surface area contributed by atoms with E-state index < -0.39 is 28.0 Å². The number of allylic oxidation sites excluding steroid dienone is 1. The van der Waals surface area contributed by atoms with Crippen molar-refractivity contribution in [3.05, 3.63) is 27.4 Å². The van der Waals surface area contributed by atoms with Crippen LogP contribution < -0.4 is 4.72 Å². The smallest absolute Gasteiger partial charge is 0.308 e. The monoisotopic (exact) mass is 335 g/mol. The highest BCUT2D eigenvalue weighted by molar-refractivity contribution is 7.89. The molecule has 20 heavy (non-hydrogen) atoms. The van der Waals surface area contributed by atoms with Crippen LogP contribution in [-0.2, 0) is 14.8 Å². The van der Waals surface area contributed by atoms with Crippen LogP contribution in [0.5, 0.6) is 0 Å². The Morgan fingerprint density at radius 2 is 2.10 bits per heavy atom. The Hall–Kier alpha value is -0.890. The molecule has 110 valence electrons. The number of aryl methyl sites for hydroxylation is 1. The molecular weight excluding hydrogens is 322 g/mol. The van der Waals surface area contributed by atoms with Crippen molar-refractivity contribution in [1.29, 1.82) is 0 Å². The standard InChI is InChI=1S/C12H14ClNO4S2/c1-7-10(6-11(13)19-7)20(17,18)14-9-5-3-2-4-8(9)12(15)16/h2-3,6,8-9,14H,4-5H2,1H3,(H,15,16)/t8-,9+/m0/s1. The second-order valence-corrected chi connectivity index (χ2v) is 8.16. The summed E-state index contributed by atoms with van der Waals surface area (Å²) in [7, 11) is -3.76. The van der Waals surface area contributed by atoms with E-state index in [2.05, 4.69) is 4.72 Å². The number of rotatable bonds is 4. The van der Waals surface area contributed by atoms with Gasteiger partial charge in [-0.1, -0.05) is 23.8 Å². The van der Waals surface area contributed by atoms with Gasteiger partial charge in [-0.2, -0.15) is 0 Å². The van der Waals surface area contributed by atoms with Gasteiger partial charge in [0, 0.05) is 10.9 Å². The third kappa shape index (κ3) is 3.22. The van der Waals surface area contributed by atoms with Crippen LogP contribution in [0.3, 0.4) is 0 Å². The zero-order valence-electron chi connectivity index (χ0n) is 10.7. The topological polar surface area (TPSA) is 83.5 Å². The third-order valence-electron chi connectivity index (χ3n) is 3.19. The van der Waals surface area contributed by atoms with E-state index in [1.54, 1.807) is 19.1 Å². The Kier molecular flexibility index (Phi) is 4.53. The maximum Gasteiger partial charge on any atom is 0.308 e. The van der Waals surface area contributed by atoms with Crippen molar-refractivity contribution in [3.8, 4) is 0 Å². The molecule has 0 amide bonds. The zero-order valence-corrected chi connectivity index (χ0v) is 13.1. The molecule has 2 rings (SSSR count). The maximum atomic E-state index is 12.3. The first-order valence-electron chi connectivity index (χ1n) is 5.97. The molecule has 1 heterocycles. The predicted molar refractivity (Wildman–Crippen MR) is 77.7 cm³/mol. The Labute approximate surface area is 126 Å². The van der Waals surface area contributed by atoms with Gasteiger partial charge in [-0.05, 0) is 25.8 Å². The maximum absolute atomic E-state index is 12.3. The molecule has 1 aromatic rings. The summed E-state index contributed by atoms with van der Waals surface area (Å²) >= 11 is 7.00. The highest BCUT2D eigenvalue weighted by atomic mass is 35.5. The summed E-state index contributed by atoms with van der Waals surface area (Å²) in [5, 5.41) is 9.15. The van der Waals surface area contributed by atoms with Crippen molar-refractivity contribution in [1.82, 2.24) is 4.72 Å². The number of carbonyl (C=O) groups is 1. The Morgan fingerprint density at radius 1 is 1.45 bits per heavy atom. The Balaban J connectivity index is 2.26. The van der Waals surface area contributed by atoms with Crippen molar-refractivity contribution in [2.75, 3.05) is 0 Å². The highest BCUT2D eigenvalue weighted by Gasteiger charge is 2.33. The molecule has 0 unspecified atom stereocenters. The molecule has 0 saturated carbocycles. The number of hydrogen-bond donors (Lipinski definition) is 2. The number of hydrogen-bond acceptors (Lipinski definition) is 4. The molecule has 0 spiro atoms. The lowest BCUT2D eigenvalue weighted by atomic mass is 9.90. The summed E-state index contributed by atoms with van der Waals surface area (Å²) in [5.74, 6) is -1.74. The van der Waals surface area contributed by atoms with Crippen molar-refractivity contribution in [2.45, 2.75) is 30.7 Å². The minimum atomic E-state index is -3.76. The van der Waals surface area contributed by atoms with Crippen LogP contribution in [0, 0.1) is 12.8 Å². The zero-order chi connectivity index (χ0) is 14.9. The SMILES string of the molecule is Cc1sc(Cl)cc1S(=O)(=O)N[C@@H]1CC=CC[C@@H]1C(=O)O. The Morgan fingerprint density at radius 3 is 2.65 bits per heavy atom. The first kappa shape index (κ1) is 15.5. The number of carboxylic acids is 1. The van der Waals surface area contributed by atoms with Gasteiger partial charge in [0.2, 0.25) is 10.0 Å². The fraction of sp³-hybridized carbons (Fsp3) is 0.417. The van der Waals surface area contributed by atoms with E-state index in [1.165, 1.54) is 17.4 Å². The highest BCUT2D eigenvalue weighted by Crippen LogP contribution is 2.30. The molecule has 0 radical (unpaired) electrons. The van der Waals surface area contributed by atoms with Gasteiger partial charge < -0.3 is 5.11 Å². The number of thiophene rings is 1. The van der Waals surface area contributed by atoms with Crippen LogP contribution in [-0.4, -0.2) is 25.5 Å². The molecule has 8 heteroatoms. The van der Waals surface area contributed by atoms with E-state index in [0.29, 0.717) is 22.1 Å². The first-order chi connectivity index (χ1) is 9.31. The number of nitrogens with one attached hydrogen (secondary N) is 1. The van der Waals surface area contributed by atoms with E-state index in [1.807, 2.05) is 0 Å². The van der Waals surface area contributed by atoms with Gasteiger partial charge in [-0.3, -0.25) is 4.79 Å². The lowest BCUT2D eigenvalue weighted by molar-refractivity contribution is -0.142. The van der Waals surface area contributed by atoms with E-state index in [4.69, 9.17) is 16.7 Å². The fourth-order valence-electron chi connectivity index (χ4n) is 2.18. The molecule has 0 fully saturated rings. The molecule has 2 N–H and O–H groups in total. The molecule has 1 aliphatic carbocycles. The van der Waals surface area contributed by atoms with Crippen molar-refractivity contribution in [3.63, 3.8) is 0 Å². The summed E-state index contributed by atoms with van der Waals surface area (Å²) in [5.41, 5.74) is 0. The van der Waals surface area contributed by atoms with Crippen LogP contribution in [0.4, 0.5) is 0 Å². The number of carboxylic acid groups (broad SMARTS) is 1. The number of halogens is 1. The molecule has 0 aromatic carbocycles. The van der Waals surface area contributed by atoms with Gasteiger partial charge in [-0.25, -0.2) is 13.1 Å². The van der Waals surface area contributed by atoms with Crippen molar-refractivity contribution in [2.24, 2.45) is 5.92 Å². The molecular formula is C12H14ClNO4S2. The van der Waals surface area contributed by atoms with Crippen LogP contribution in [0.2, 0.25) is 4.34 Å². The van der Waals surface area contributed by atoms with Gasteiger partial charge in [0.15, 0.2) is 0 Å². The molecule has 1 aliphatic rings. The third-order valence-corrected chi connectivity index (χ3v) is 6.11. The summed E-state index contributed by atoms with van der Waals surface area (Å²) in [6, 6.07) is 0.749. The molecule has 1 aromatic heterocycles. The van der Waals surface area contributed by atoms with Gasteiger partial charge in [0.05, 0.1) is 15.1 Å². The fourth-order valence-corrected chi connectivity index (χ4v) is 5.29. The number of aliphatic carboxylic acids is 1. The minimum absolute atomic E-state index is 0.117. The largest absolute Gasteiger partial charge is 0.481 e. The molecule has 0 aliphatic heterocycles. The van der Waals surface area contributed by atoms with E-state index >= 15 is 0 Å². The van der Waals surface area contributed by atoms with Gasteiger partial charge in [-0.15, -0.1) is 11.3 Å². The van der Waals surface area contributed by atoms with Crippen LogP contribution >= 0.6 is 22.9 Å². The predicted octanol–water partition coefficient (Wildman–Crippen LogP) is 2.41. The summed E-state index contributed by atoms with van der Waals surface area (Å²) in [6.45, 7) is 1.67. The van der Waals surface area contributed by atoms with Crippen LogP contribution in [0.1, 0.15) is 17.7 Å².